The number of nitrogens with zero attached hydrogens (tertiary/aromatic N) is 3. The molecule has 0 radical (unpaired) electrons. The third-order valence-electron chi connectivity index (χ3n) is 5.81. The highest BCUT2D eigenvalue weighted by molar-refractivity contribution is 8.01. The van der Waals surface area contributed by atoms with Gasteiger partial charge in [0.25, 0.3) is 0 Å². The molecule has 2 aliphatic heterocycles. The number of hydrogen-bond donors (Lipinski definition) is 0. The molecule has 2 amide bonds. The lowest BCUT2D eigenvalue weighted by Crippen LogP contribution is -2.42. The minimum absolute atomic E-state index is 0.00614. The average Bonchev–Trinajstić information content (AvgIpc) is 3.37. The van der Waals surface area contributed by atoms with Crippen molar-refractivity contribution in [2.75, 3.05) is 37.4 Å². The summed E-state index contributed by atoms with van der Waals surface area (Å²) in [7, 11) is 1.61. The number of benzene rings is 1. The molecule has 0 aliphatic carbocycles. The van der Waals surface area contributed by atoms with Gasteiger partial charge in [-0.05, 0) is 37.8 Å². The third kappa shape index (κ3) is 4.81. The van der Waals surface area contributed by atoms with Crippen LogP contribution in [0.4, 0.5) is 5.69 Å². The minimum Gasteiger partial charge on any atom is -0.497 e. The Kier molecular flexibility index (Phi) is 6.63. The Labute approximate surface area is 185 Å². The number of methoxy groups -OCH3 is 1. The van der Waals surface area contributed by atoms with Crippen LogP contribution in [-0.4, -0.2) is 54.2 Å². The number of thioether (sulfide) groups is 1. The van der Waals surface area contributed by atoms with E-state index in [-0.39, 0.29) is 24.2 Å². The van der Waals surface area contributed by atoms with E-state index in [1.54, 1.807) is 23.3 Å². The first-order chi connectivity index (χ1) is 14.5. The van der Waals surface area contributed by atoms with Crippen molar-refractivity contribution in [1.82, 2.24) is 9.88 Å². The van der Waals surface area contributed by atoms with Crippen LogP contribution in [0.25, 0.3) is 0 Å². The summed E-state index contributed by atoms with van der Waals surface area (Å²) in [6.45, 7) is 4.04. The Balaban J connectivity index is 1.28. The number of aryl methyl sites for hydroxylation is 1. The van der Waals surface area contributed by atoms with Gasteiger partial charge in [-0.25, -0.2) is 4.98 Å². The number of likely N-dealkylation sites (tertiary alicyclic amines) is 1. The first-order valence-electron chi connectivity index (χ1n) is 10.3. The van der Waals surface area contributed by atoms with Gasteiger partial charge in [0.15, 0.2) is 0 Å². The first kappa shape index (κ1) is 21.2. The maximum Gasteiger partial charge on any atom is 0.228 e. The molecule has 2 aliphatic rings. The summed E-state index contributed by atoms with van der Waals surface area (Å²) in [5.41, 5.74) is 1.87. The summed E-state index contributed by atoms with van der Waals surface area (Å²) in [4.78, 5) is 33.8. The zero-order valence-electron chi connectivity index (χ0n) is 17.4. The van der Waals surface area contributed by atoms with Gasteiger partial charge < -0.3 is 14.5 Å². The van der Waals surface area contributed by atoms with Crippen LogP contribution in [0.5, 0.6) is 5.75 Å². The normalized spacial score (nSPS) is 20.1. The molecule has 2 aromatic rings. The molecule has 8 heteroatoms. The number of hydrogen-bond acceptors (Lipinski definition) is 6. The standard InChI is InChI=1S/C22H27N3O3S2/c1-15-13-29-22(23-15)30-14-16-6-8-24(9-7-16)21(27)17-10-20(26)25(12-17)18-4-3-5-19(11-18)28-2/h3-5,11,13,16-17H,6-10,12,14H2,1-2H3. The Morgan fingerprint density at radius 3 is 2.83 bits per heavy atom. The van der Waals surface area contributed by atoms with Crippen LogP contribution >= 0.6 is 23.1 Å². The van der Waals surface area contributed by atoms with Crippen molar-refractivity contribution in [3.05, 3.63) is 35.3 Å². The van der Waals surface area contributed by atoms with Crippen LogP contribution in [0.15, 0.2) is 34.0 Å². The Morgan fingerprint density at radius 2 is 2.13 bits per heavy atom. The number of thiazole rings is 1. The van der Waals surface area contributed by atoms with Crippen LogP contribution in [0.2, 0.25) is 0 Å². The van der Waals surface area contributed by atoms with Gasteiger partial charge in [-0.15, -0.1) is 11.3 Å². The van der Waals surface area contributed by atoms with E-state index >= 15 is 0 Å². The molecule has 2 fully saturated rings. The number of aromatic nitrogens is 1. The molecular formula is C22H27N3O3S2. The van der Waals surface area contributed by atoms with E-state index < -0.39 is 0 Å². The molecule has 160 valence electrons. The number of anilines is 1. The first-order valence-corrected chi connectivity index (χ1v) is 12.2. The summed E-state index contributed by atoms with van der Waals surface area (Å²) < 4.78 is 6.39. The maximum absolute atomic E-state index is 13.0. The van der Waals surface area contributed by atoms with E-state index in [9.17, 15) is 9.59 Å². The quantitative estimate of drug-likeness (QED) is 0.632. The molecule has 3 heterocycles. The third-order valence-corrected chi connectivity index (χ3v) is 8.18. The van der Waals surface area contributed by atoms with Gasteiger partial charge in [0.1, 0.15) is 10.1 Å². The van der Waals surface area contributed by atoms with Gasteiger partial charge >= 0.3 is 0 Å². The topological polar surface area (TPSA) is 62.7 Å². The summed E-state index contributed by atoms with van der Waals surface area (Å²) >= 11 is 3.53. The van der Waals surface area contributed by atoms with Crippen molar-refractivity contribution in [2.24, 2.45) is 11.8 Å². The molecule has 0 bridgehead atoms. The lowest BCUT2D eigenvalue weighted by Gasteiger charge is -2.33. The van der Waals surface area contributed by atoms with Crippen molar-refractivity contribution in [2.45, 2.75) is 30.5 Å². The molecule has 4 rings (SSSR count). The van der Waals surface area contributed by atoms with Crippen LogP contribution in [-0.2, 0) is 9.59 Å². The molecule has 30 heavy (non-hydrogen) atoms. The predicted molar refractivity (Wildman–Crippen MR) is 120 cm³/mol. The van der Waals surface area contributed by atoms with Crippen LogP contribution in [0, 0.1) is 18.8 Å². The largest absolute Gasteiger partial charge is 0.497 e. The van der Waals surface area contributed by atoms with Gasteiger partial charge in [-0.3, -0.25) is 9.59 Å². The van der Waals surface area contributed by atoms with Gasteiger partial charge in [0.2, 0.25) is 11.8 Å². The highest BCUT2D eigenvalue weighted by Crippen LogP contribution is 2.31. The van der Waals surface area contributed by atoms with Crippen molar-refractivity contribution in [3.8, 4) is 5.75 Å². The van der Waals surface area contributed by atoms with Gasteiger partial charge in [0, 0.05) is 54.6 Å². The fraction of sp³-hybridized carbons (Fsp3) is 0.500. The Bertz CT molecular complexity index is 909. The van der Waals surface area contributed by atoms with Crippen molar-refractivity contribution in [1.29, 1.82) is 0 Å². The molecule has 0 spiro atoms. The summed E-state index contributed by atoms with van der Waals surface area (Å²) in [5, 5.41) is 2.08. The molecule has 6 nitrogen and oxygen atoms in total. The number of carbonyl (C=O) groups excluding carboxylic acids is 2. The van der Waals surface area contributed by atoms with E-state index in [4.69, 9.17) is 4.74 Å². The van der Waals surface area contributed by atoms with E-state index in [0.29, 0.717) is 18.2 Å². The van der Waals surface area contributed by atoms with Gasteiger partial charge in [-0.1, -0.05) is 17.8 Å². The second-order valence-corrected chi connectivity index (χ2v) is 10.1. The predicted octanol–water partition coefficient (Wildman–Crippen LogP) is 3.84. The zero-order valence-corrected chi connectivity index (χ0v) is 19.0. The number of amides is 2. The summed E-state index contributed by atoms with van der Waals surface area (Å²) in [5.74, 6) is 2.25. The highest BCUT2D eigenvalue weighted by atomic mass is 32.2. The second kappa shape index (κ2) is 9.39. The molecular weight excluding hydrogens is 418 g/mol. The second-order valence-electron chi connectivity index (χ2n) is 7.94. The lowest BCUT2D eigenvalue weighted by molar-refractivity contribution is -0.137. The van der Waals surface area contributed by atoms with Crippen LogP contribution in [0.1, 0.15) is 25.0 Å². The van der Waals surface area contributed by atoms with E-state index in [1.165, 1.54) is 0 Å². The van der Waals surface area contributed by atoms with Gasteiger partial charge in [-0.2, -0.15) is 0 Å². The Morgan fingerprint density at radius 1 is 1.33 bits per heavy atom. The fourth-order valence-corrected chi connectivity index (χ4v) is 6.13. The van der Waals surface area contributed by atoms with E-state index in [0.717, 1.165) is 47.4 Å². The maximum atomic E-state index is 13.0. The number of carbonyl (C=O) groups is 2. The smallest absolute Gasteiger partial charge is 0.228 e. The summed E-state index contributed by atoms with van der Waals surface area (Å²) in [6.07, 6.45) is 2.32. The van der Waals surface area contributed by atoms with E-state index in [1.807, 2.05) is 47.9 Å². The van der Waals surface area contributed by atoms with E-state index in [2.05, 4.69) is 10.4 Å². The Hall–Kier alpha value is -2.06. The van der Waals surface area contributed by atoms with Crippen molar-refractivity contribution in [3.63, 3.8) is 0 Å². The fourth-order valence-electron chi connectivity index (χ4n) is 4.07. The highest BCUT2D eigenvalue weighted by Gasteiger charge is 2.38. The van der Waals surface area contributed by atoms with Crippen LogP contribution in [0.3, 0.4) is 0 Å². The number of ether oxygens (including phenoxy) is 1. The minimum atomic E-state index is -0.257. The number of piperidine rings is 1. The molecule has 2 saturated heterocycles. The van der Waals surface area contributed by atoms with Crippen molar-refractivity contribution < 1.29 is 14.3 Å². The van der Waals surface area contributed by atoms with Crippen molar-refractivity contribution >= 4 is 40.6 Å². The molecule has 0 N–H and O–H groups in total. The van der Waals surface area contributed by atoms with Gasteiger partial charge in [0.05, 0.1) is 13.0 Å². The lowest BCUT2D eigenvalue weighted by atomic mass is 9.97. The average molecular weight is 446 g/mol. The molecule has 1 aromatic carbocycles. The zero-order chi connectivity index (χ0) is 21.1. The van der Waals surface area contributed by atoms with Crippen LogP contribution < -0.4 is 9.64 Å². The number of rotatable bonds is 6. The molecule has 1 aromatic heterocycles. The SMILES string of the molecule is COc1cccc(N2CC(C(=O)N3CCC(CSc4nc(C)cs4)CC3)CC2=O)c1. The molecule has 1 unspecified atom stereocenters. The molecule has 1 atom stereocenters. The summed E-state index contributed by atoms with van der Waals surface area (Å²) in [6, 6.07) is 7.45. The monoisotopic (exact) mass is 445 g/mol. The molecule has 0 saturated carbocycles.